The van der Waals surface area contributed by atoms with Crippen molar-refractivity contribution in [2.45, 2.75) is 12.3 Å². The molecule has 7 nitrogen and oxygen atoms in total. The number of fused-ring (bicyclic) bond motifs is 3. The Labute approximate surface area is 168 Å². The smallest absolute Gasteiger partial charge is 0.407 e. The molecule has 2 atom stereocenters. The summed E-state index contributed by atoms with van der Waals surface area (Å²) < 4.78 is 5.37. The van der Waals surface area contributed by atoms with E-state index < -0.39 is 12.1 Å². The van der Waals surface area contributed by atoms with Gasteiger partial charge in [-0.1, -0.05) is 48.5 Å². The number of alkyl carbamates (subject to hydrolysis) is 1. The second-order valence-electron chi connectivity index (χ2n) is 7.42. The van der Waals surface area contributed by atoms with E-state index in [-0.39, 0.29) is 36.8 Å². The first-order valence-electron chi connectivity index (χ1n) is 9.63. The van der Waals surface area contributed by atoms with Gasteiger partial charge >= 0.3 is 12.1 Å². The summed E-state index contributed by atoms with van der Waals surface area (Å²) in [6.45, 7) is 0.285. The molecule has 150 valence electrons. The highest BCUT2D eigenvalue weighted by atomic mass is 16.5. The molecule has 2 amide bonds. The summed E-state index contributed by atoms with van der Waals surface area (Å²) in [5.41, 5.74) is 4.54. The number of hydrogen-bond acceptors (Lipinski definition) is 4. The number of carbonyl (C=O) groups excluding carboxylic acids is 2. The summed E-state index contributed by atoms with van der Waals surface area (Å²) in [5.74, 6) is -1.63. The van der Waals surface area contributed by atoms with Gasteiger partial charge in [-0.2, -0.15) is 0 Å². The van der Waals surface area contributed by atoms with Crippen LogP contribution in [0.15, 0.2) is 48.5 Å². The van der Waals surface area contributed by atoms with Crippen LogP contribution in [0.3, 0.4) is 0 Å². The molecule has 3 N–H and O–H groups in total. The molecule has 1 saturated carbocycles. The highest BCUT2D eigenvalue weighted by molar-refractivity contribution is 5.82. The van der Waals surface area contributed by atoms with Gasteiger partial charge in [0.15, 0.2) is 0 Å². The lowest BCUT2D eigenvalue weighted by atomic mass is 9.98. The molecule has 0 radical (unpaired) electrons. The van der Waals surface area contributed by atoms with Crippen LogP contribution in [0.2, 0.25) is 0 Å². The Balaban J connectivity index is 1.25. The number of carbonyl (C=O) groups is 3. The monoisotopic (exact) mass is 394 g/mol. The van der Waals surface area contributed by atoms with Crippen LogP contribution in [0.25, 0.3) is 11.1 Å². The molecule has 1 fully saturated rings. The summed E-state index contributed by atoms with van der Waals surface area (Å²) in [4.78, 5) is 34.6. The lowest BCUT2D eigenvalue weighted by Crippen LogP contribution is -2.38. The molecule has 0 spiro atoms. The number of hydrogen-bond donors (Lipinski definition) is 3. The summed E-state index contributed by atoms with van der Waals surface area (Å²) in [6.07, 6.45) is -0.0769. The molecule has 0 aromatic heterocycles. The van der Waals surface area contributed by atoms with Crippen molar-refractivity contribution >= 4 is 18.0 Å². The minimum absolute atomic E-state index is 0.0223. The van der Waals surface area contributed by atoms with Crippen LogP contribution < -0.4 is 10.6 Å². The van der Waals surface area contributed by atoms with E-state index >= 15 is 0 Å². The van der Waals surface area contributed by atoms with Gasteiger partial charge in [-0.3, -0.25) is 9.59 Å². The van der Waals surface area contributed by atoms with E-state index in [0.29, 0.717) is 13.0 Å². The van der Waals surface area contributed by atoms with Gasteiger partial charge in [0.25, 0.3) is 0 Å². The molecule has 2 aromatic carbocycles. The van der Waals surface area contributed by atoms with Crippen molar-refractivity contribution in [2.24, 2.45) is 11.8 Å². The van der Waals surface area contributed by atoms with Gasteiger partial charge in [0.1, 0.15) is 6.61 Å². The topological polar surface area (TPSA) is 105 Å². The van der Waals surface area contributed by atoms with Crippen molar-refractivity contribution < 1.29 is 24.2 Å². The molecule has 0 bridgehead atoms. The summed E-state index contributed by atoms with van der Waals surface area (Å²) in [5, 5.41) is 13.9. The molecular weight excluding hydrogens is 372 g/mol. The van der Waals surface area contributed by atoms with Crippen LogP contribution in [0.4, 0.5) is 4.79 Å². The maximum atomic E-state index is 12.0. The minimum Gasteiger partial charge on any atom is -0.481 e. The SMILES string of the molecule is O=C(CNC(=O)OCC1c2ccccc2-c2ccccc21)NC[C@@H]1C[C@@H]1C(=O)O. The number of nitrogens with one attached hydrogen (secondary N) is 2. The Morgan fingerprint density at radius 2 is 1.59 bits per heavy atom. The molecule has 0 saturated heterocycles. The molecule has 2 aliphatic carbocycles. The van der Waals surface area contributed by atoms with Crippen LogP contribution in [0.1, 0.15) is 23.5 Å². The number of amides is 2. The highest BCUT2D eigenvalue weighted by Crippen LogP contribution is 2.44. The molecule has 2 aromatic rings. The number of benzene rings is 2. The zero-order valence-corrected chi connectivity index (χ0v) is 15.8. The zero-order chi connectivity index (χ0) is 20.4. The van der Waals surface area contributed by atoms with Gasteiger partial charge in [-0.25, -0.2) is 4.79 Å². The first kappa shape index (κ1) is 19.0. The predicted molar refractivity (Wildman–Crippen MR) is 105 cm³/mol. The van der Waals surface area contributed by atoms with E-state index in [0.717, 1.165) is 22.3 Å². The number of rotatable bonds is 7. The van der Waals surface area contributed by atoms with E-state index in [9.17, 15) is 14.4 Å². The summed E-state index contributed by atoms with van der Waals surface area (Å²) >= 11 is 0. The van der Waals surface area contributed by atoms with Crippen LogP contribution in [0, 0.1) is 11.8 Å². The van der Waals surface area contributed by atoms with Gasteiger partial charge in [0.2, 0.25) is 5.91 Å². The zero-order valence-electron chi connectivity index (χ0n) is 15.8. The van der Waals surface area contributed by atoms with Crippen molar-refractivity contribution in [3.63, 3.8) is 0 Å². The average Bonchev–Trinajstić information content (AvgIpc) is 3.45. The standard InChI is InChI=1S/C22H22N2O5/c25-20(23-10-13-9-18(13)21(26)27)11-24-22(28)29-12-19-16-7-3-1-5-14(16)15-6-2-4-8-17(15)19/h1-8,13,18-19H,9-12H2,(H,23,25)(H,24,28)(H,26,27)/t13-,18-/m0/s1. The third-order valence-corrected chi connectivity index (χ3v) is 5.54. The number of carboxylic acids is 1. The number of ether oxygens (including phenoxy) is 1. The van der Waals surface area contributed by atoms with Crippen molar-refractivity contribution in [3.05, 3.63) is 59.7 Å². The van der Waals surface area contributed by atoms with Crippen molar-refractivity contribution in [2.75, 3.05) is 19.7 Å². The molecule has 0 aliphatic heterocycles. The summed E-state index contributed by atoms with van der Waals surface area (Å²) in [7, 11) is 0. The number of aliphatic carboxylic acids is 1. The van der Waals surface area contributed by atoms with E-state index in [4.69, 9.17) is 9.84 Å². The Hall–Kier alpha value is -3.35. The lowest BCUT2D eigenvalue weighted by molar-refractivity contribution is -0.139. The first-order chi connectivity index (χ1) is 14.0. The van der Waals surface area contributed by atoms with E-state index in [1.807, 2.05) is 36.4 Å². The van der Waals surface area contributed by atoms with Crippen LogP contribution >= 0.6 is 0 Å². The largest absolute Gasteiger partial charge is 0.481 e. The van der Waals surface area contributed by atoms with Gasteiger partial charge in [0.05, 0.1) is 12.5 Å². The minimum atomic E-state index is -0.832. The predicted octanol–water partition coefficient (Wildman–Crippen LogP) is 2.36. The first-order valence-corrected chi connectivity index (χ1v) is 9.63. The normalized spacial score (nSPS) is 19.0. The van der Waals surface area contributed by atoms with Crippen LogP contribution in [-0.4, -0.2) is 42.8 Å². The van der Waals surface area contributed by atoms with Crippen LogP contribution in [-0.2, 0) is 14.3 Å². The average molecular weight is 394 g/mol. The fourth-order valence-corrected chi connectivity index (χ4v) is 3.88. The van der Waals surface area contributed by atoms with E-state index in [1.54, 1.807) is 0 Å². The van der Waals surface area contributed by atoms with Crippen molar-refractivity contribution in [1.29, 1.82) is 0 Å². The molecule has 0 heterocycles. The van der Waals surface area contributed by atoms with E-state index in [1.165, 1.54) is 0 Å². The quantitative estimate of drug-likeness (QED) is 0.669. The fraction of sp³-hybridized carbons (Fsp3) is 0.318. The van der Waals surface area contributed by atoms with Gasteiger partial charge in [0, 0.05) is 12.5 Å². The van der Waals surface area contributed by atoms with Crippen LogP contribution in [0.5, 0.6) is 0 Å². The second-order valence-corrected chi connectivity index (χ2v) is 7.42. The Morgan fingerprint density at radius 1 is 0.966 bits per heavy atom. The lowest BCUT2D eigenvalue weighted by Gasteiger charge is -2.14. The maximum absolute atomic E-state index is 12.0. The third kappa shape index (κ3) is 4.08. The highest BCUT2D eigenvalue weighted by Gasteiger charge is 2.42. The molecule has 2 aliphatic rings. The van der Waals surface area contributed by atoms with E-state index in [2.05, 4.69) is 22.8 Å². The van der Waals surface area contributed by atoms with Gasteiger partial charge in [-0.05, 0) is 34.6 Å². The molecule has 7 heteroatoms. The number of carboxylic acid groups (broad SMARTS) is 1. The second kappa shape index (κ2) is 7.95. The maximum Gasteiger partial charge on any atom is 0.407 e. The third-order valence-electron chi connectivity index (χ3n) is 5.54. The molecular formula is C22H22N2O5. The Kier molecular flexibility index (Phi) is 5.20. The fourth-order valence-electron chi connectivity index (χ4n) is 3.88. The molecule has 0 unspecified atom stereocenters. The molecule has 29 heavy (non-hydrogen) atoms. The van der Waals surface area contributed by atoms with Gasteiger partial charge < -0.3 is 20.5 Å². The van der Waals surface area contributed by atoms with Gasteiger partial charge in [-0.15, -0.1) is 0 Å². The Bertz CT molecular complexity index is 912. The van der Waals surface area contributed by atoms with Crippen molar-refractivity contribution in [3.8, 4) is 11.1 Å². The Morgan fingerprint density at radius 3 is 2.17 bits per heavy atom. The summed E-state index contributed by atoms with van der Waals surface area (Å²) in [6, 6.07) is 16.1. The molecule has 4 rings (SSSR count). The van der Waals surface area contributed by atoms with Crippen molar-refractivity contribution in [1.82, 2.24) is 10.6 Å².